The van der Waals surface area contributed by atoms with Crippen LogP contribution in [0.15, 0.2) is 0 Å². The molecule has 0 N–H and O–H groups in total. The van der Waals surface area contributed by atoms with Crippen molar-refractivity contribution in [2.24, 2.45) is 0 Å². The second-order valence-electron chi connectivity index (χ2n) is 4.35. The monoisotopic (exact) mass is 226 g/mol. The lowest BCUT2D eigenvalue weighted by molar-refractivity contribution is -0.148. The topological polar surface area (TPSA) is 49.9 Å². The van der Waals surface area contributed by atoms with Crippen LogP contribution in [0, 0.1) is 0 Å². The molecule has 0 radical (unpaired) electrons. The van der Waals surface area contributed by atoms with Gasteiger partial charge in [-0.05, 0) is 19.8 Å². The van der Waals surface area contributed by atoms with Crippen molar-refractivity contribution in [3.8, 4) is 0 Å². The van der Waals surface area contributed by atoms with Gasteiger partial charge in [-0.25, -0.2) is 0 Å². The minimum Gasteiger partial charge on any atom is -0.338 e. The Labute approximate surface area is 95.3 Å². The minimum atomic E-state index is -0.219. The Hall–Kier alpha value is -1.10. The molecule has 0 aromatic carbocycles. The van der Waals surface area contributed by atoms with Crippen LogP contribution in [0.25, 0.3) is 0 Å². The summed E-state index contributed by atoms with van der Waals surface area (Å²) in [6, 6.07) is 0. The predicted octanol–water partition coefficient (Wildman–Crippen LogP) is 0.551. The summed E-state index contributed by atoms with van der Waals surface area (Å²) < 4.78 is 5.56. The van der Waals surface area contributed by atoms with Crippen molar-refractivity contribution >= 4 is 11.8 Å². The van der Waals surface area contributed by atoms with E-state index in [1.165, 1.54) is 0 Å². The Balaban J connectivity index is 1.76. The molecule has 0 spiro atoms. The molecule has 0 bridgehead atoms. The summed E-state index contributed by atoms with van der Waals surface area (Å²) in [7, 11) is 0. The van der Waals surface area contributed by atoms with E-state index in [-0.39, 0.29) is 18.0 Å². The Morgan fingerprint density at radius 1 is 1.19 bits per heavy atom. The van der Waals surface area contributed by atoms with Crippen LogP contribution < -0.4 is 0 Å². The van der Waals surface area contributed by atoms with Gasteiger partial charge >= 0.3 is 0 Å². The molecule has 2 fully saturated rings. The molecule has 5 heteroatoms. The maximum Gasteiger partial charge on any atom is 0.224 e. The molecule has 2 rings (SSSR count). The molecule has 16 heavy (non-hydrogen) atoms. The average Bonchev–Trinajstić information content (AvgIpc) is 2.84. The highest BCUT2D eigenvalue weighted by atomic mass is 16.5. The first kappa shape index (κ1) is 11.4. The molecule has 2 aliphatic rings. The Bertz CT molecular complexity index is 293. The van der Waals surface area contributed by atoms with Crippen molar-refractivity contribution in [3.63, 3.8) is 0 Å². The fourth-order valence-corrected chi connectivity index (χ4v) is 2.18. The number of rotatable bonds is 4. The van der Waals surface area contributed by atoms with Crippen molar-refractivity contribution in [2.75, 3.05) is 19.8 Å². The third-order valence-corrected chi connectivity index (χ3v) is 3.19. The normalized spacial score (nSPS) is 23.3. The zero-order valence-corrected chi connectivity index (χ0v) is 9.65. The van der Waals surface area contributed by atoms with Gasteiger partial charge in [0.25, 0.3) is 0 Å². The Morgan fingerprint density at radius 3 is 2.44 bits per heavy atom. The maximum absolute atomic E-state index is 11.4. The van der Waals surface area contributed by atoms with Crippen LogP contribution in [0.3, 0.4) is 0 Å². The van der Waals surface area contributed by atoms with Crippen LogP contribution in [-0.4, -0.2) is 47.7 Å². The van der Waals surface area contributed by atoms with Crippen LogP contribution in [0.5, 0.6) is 0 Å². The fraction of sp³-hybridized carbons (Fsp3) is 0.818. The molecule has 0 aromatic heterocycles. The van der Waals surface area contributed by atoms with E-state index in [0.29, 0.717) is 19.6 Å². The zero-order valence-electron chi connectivity index (χ0n) is 9.65. The molecule has 1 unspecified atom stereocenters. The highest BCUT2D eigenvalue weighted by molar-refractivity contribution is 5.78. The molecular formula is C11H18N2O3. The number of likely N-dealkylation sites (tertiary alicyclic amines) is 2. The number of carbonyl (C=O) groups excluding carboxylic acids is 2. The summed E-state index contributed by atoms with van der Waals surface area (Å²) in [5.41, 5.74) is 0. The van der Waals surface area contributed by atoms with Gasteiger partial charge in [-0.15, -0.1) is 0 Å². The fourth-order valence-electron chi connectivity index (χ4n) is 2.18. The number of ether oxygens (including phenoxy) is 1. The number of nitrogens with zero attached hydrogens (tertiary/aromatic N) is 2. The lowest BCUT2D eigenvalue weighted by Crippen LogP contribution is -2.39. The molecule has 1 atom stereocenters. The highest BCUT2D eigenvalue weighted by Gasteiger charge is 2.27. The van der Waals surface area contributed by atoms with Crippen molar-refractivity contribution in [1.29, 1.82) is 0 Å². The smallest absolute Gasteiger partial charge is 0.224 e. The number of hydrogen-bond donors (Lipinski definition) is 0. The molecule has 90 valence electrons. The molecule has 2 aliphatic heterocycles. The van der Waals surface area contributed by atoms with E-state index in [4.69, 9.17) is 4.74 Å². The molecule has 0 aliphatic carbocycles. The summed E-state index contributed by atoms with van der Waals surface area (Å²) >= 11 is 0. The minimum absolute atomic E-state index is 0.153. The third-order valence-electron chi connectivity index (χ3n) is 3.19. The average molecular weight is 226 g/mol. The second-order valence-corrected chi connectivity index (χ2v) is 4.35. The first-order chi connectivity index (χ1) is 7.68. The van der Waals surface area contributed by atoms with Gasteiger partial charge in [-0.3, -0.25) is 9.59 Å². The molecule has 0 aromatic rings. The van der Waals surface area contributed by atoms with Gasteiger partial charge in [0.2, 0.25) is 11.8 Å². The summed E-state index contributed by atoms with van der Waals surface area (Å²) in [6.07, 6.45) is 2.86. The number of hydrogen-bond acceptors (Lipinski definition) is 3. The van der Waals surface area contributed by atoms with Crippen LogP contribution in [0.2, 0.25) is 0 Å². The van der Waals surface area contributed by atoms with Crippen LogP contribution in [0.4, 0.5) is 0 Å². The molecular weight excluding hydrogens is 208 g/mol. The summed E-state index contributed by atoms with van der Waals surface area (Å²) in [5.74, 6) is 0.306. The zero-order chi connectivity index (χ0) is 11.5. The van der Waals surface area contributed by atoms with Gasteiger partial charge in [0.15, 0.2) is 0 Å². The summed E-state index contributed by atoms with van der Waals surface area (Å²) in [5, 5.41) is 0. The highest BCUT2D eigenvalue weighted by Crippen LogP contribution is 2.15. The van der Waals surface area contributed by atoms with Crippen molar-refractivity contribution in [1.82, 2.24) is 9.80 Å². The van der Waals surface area contributed by atoms with Crippen molar-refractivity contribution < 1.29 is 14.3 Å². The lowest BCUT2D eigenvalue weighted by Gasteiger charge is -2.26. The van der Waals surface area contributed by atoms with E-state index in [9.17, 15) is 9.59 Å². The number of amides is 2. The molecule has 2 heterocycles. The second kappa shape index (κ2) is 4.82. The van der Waals surface area contributed by atoms with Gasteiger partial charge in [0.05, 0.1) is 0 Å². The predicted molar refractivity (Wildman–Crippen MR) is 57.3 cm³/mol. The SMILES string of the molecule is CC(OCN1CCCC1=O)N1CCCC1=O. The van der Waals surface area contributed by atoms with Crippen molar-refractivity contribution in [2.45, 2.75) is 38.8 Å². The van der Waals surface area contributed by atoms with E-state index in [0.717, 1.165) is 25.9 Å². The van der Waals surface area contributed by atoms with Gasteiger partial charge in [-0.2, -0.15) is 0 Å². The van der Waals surface area contributed by atoms with Crippen LogP contribution >= 0.6 is 0 Å². The van der Waals surface area contributed by atoms with E-state index >= 15 is 0 Å². The molecule has 2 amide bonds. The lowest BCUT2D eigenvalue weighted by atomic mass is 10.4. The van der Waals surface area contributed by atoms with Gasteiger partial charge in [0.1, 0.15) is 13.0 Å². The standard InChI is InChI=1S/C11H18N2O3/c1-9(13-7-3-5-11(13)15)16-8-12-6-2-4-10(12)14/h9H,2-8H2,1H3. The van der Waals surface area contributed by atoms with Gasteiger partial charge in [-0.1, -0.05) is 0 Å². The van der Waals surface area contributed by atoms with E-state index in [1.807, 2.05) is 6.92 Å². The van der Waals surface area contributed by atoms with Crippen LogP contribution in [-0.2, 0) is 14.3 Å². The number of carbonyl (C=O) groups is 2. The summed E-state index contributed by atoms with van der Waals surface area (Å²) in [4.78, 5) is 26.2. The van der Waals surface area contributed by atoms with Crippen molar-refractivity contribution in [3.05, 3.63) is 0 Å². The third kappa shape index (κ3) is 2.35. The largest absolute Gasteiger partial charge is 0.338 e. The first-order valence-electron chi connectivity index (χ1n) is 5.87. The Kier molecular flexibility index (Phi) is 3.43. The molecule has 5 nitrogen and oxygen atoms in total. The van der Waals surface area contributed by atoms with Gasteiger partial charge < -0.3 is 14.5 Å². The molecule has 0 saturated carbocycles. The van der Waals surface area contributed by atoms with E-state index in [2.05, 4.69) is 0 Å². The maximum atomic E-state index is 11.4. The Morgan fingerprint density at radius 2 is 1.88 bits per heavy atom. The molecule has 2 saturated heterocycles. The first-order valence-corrected chi connectivity index (χ1v) is 5.87. The quantitative estimate of drug-likeness (QED) is 0.703. The van der Waals surface area contributed by atoms with E-state index in [1.54, 1.807) is 9.80 Å². The summed E-state index contributed by atoms with van der Waals surface area (Å²) in [6.45, 7) is 3.72. The van der Waals surface area contributed by atoms with Gasteiger partial charge in [0, 0.05) is 25.9 Å². The van der Waals surface area contributed by atoms with Crippen LogP contribution in [0.1, 0.15) is 32.6 Å². The van der Waals surface area contributed by atoms with E-state index < -0.39 is 0 Å².